The highest BCUT2D eigenvalue weighted by Crippen LogP contribution is 2.39. The molecule has 0 atom stereocenters. The van der Waals surface area contributed by atoms with Gasteiger partial charge in [-0.05, 0) is 43.0 Å². The van der Waals surface area contributed by atoms with Gasteiger partial charge in [-0.25, -0.2) is 4.58 Å². The van der Waals surface area contributed by atoms with Crippen LogP contribution in [0.2, 0.25) is 0 Å². The predicted octanol–water partition coefficient (Wildman–Crippen LogP) is 9.62. The summed E-state index contributed by atoms with van der Waals surface area (Å²) in [5.74, 6) is 1.48. The van der Waals surface area contributed by atoms with Gasteiger partial charge in [-0.3, -0.25) is 0 Å². The van der Waals surface area contributed by atoms with Crippen molar-refractivity contribution in [3.05, 3.63) is 64.2 Å². The Bertz CT molecular complexity index is 1130. The molecule has 0 fully saturated rings. The topological polar surface area (TPSA) is 21.5 Å². The van der Waals surface area contributed by atoms with E-state index in [-0.39, 0.29) is 0 Å². The molecule has 0 bridgehead atoms. The first-order valence-corrected chi connectivity index (χ1v) is 15.1. The number of methoxy groups -OCH3 is 2. The van der Waals surface area contributed by atoms with E-state index in [4.69, 9.17) is 9.47 Å². The third kappa shape index (κ3) is 8.62. The lowest BCUT2D eigenvalue weighted by Crippen LogP contribution is -2.30. The quantitative estimate of drug-likeness (QED) is 0.151. The van der Waals surface area contributed by atoms with Crippen LogP contribution in [0.15, 0.2) is 36.4 Å². The van der Waals surface area contributed by atoms with Crippen LogP contribution in [0.25, 0.3) is 6.08 Å². The second-order valence-electron chi connectivity index (χ2n) is 10.8. The normalized spacial score (nSPS) is 13.7. The van der Waals surface area contributed by atoms with Crippen molar-refractivity contribution in [2.75, 3.05) is 20.8 Å². The van der Waals surface area contributed by atoms with Crippen LogP contribution in [-0.2, 0) is 19.1 Å². The molecule has 1 heterocycles. The van der Waals surface area contributed by atoms with Gasteiger partial charge in [-0.1, -0.05) is 83.1 Å². The Morgan fingerprint density at radius 1 is 0.875 bits per heavy atom. The molecule has 0 spiro atoms. The minimum atomic E-state index is -4.33. The van der Waals surface area contributed by atoms with Gasteiger partial charge in [-0.2, -0.15) is 13.2 Å². The molecule has 0 saturated heterocycles. The van der Waals surface area contributed by atoms with Crippen LogP contribution in [0, 0.1) is 0 Å². The maximum atomic E-state index is 13.1. The number of ether oxygens (including phenoxy) is 2. The zero-order valence-electron chi connectivity index (χ0n) is 24.8. The molecule has 40 heavy (non-hydrogen) atoms. The van der Waals surface area contributed by atoms with Gasteiger partial charge < -0.3 is 9.47 Å². The Morgan fingerprint density at radius 2 is 1.55 bits per heavy atom. The fraction of sp³-hybridized carbons (Fsp3) is 0.559. The molecule has 2 aromatic rings. The van der Waals surface area contributed by atoms with E-state index in [1.165, 1.54) is 80.3 Å². The van der Waals surface area contributed by atoms with E-state index < -0.39 is 11.7 Å². The highest BCUT2D eigenvalue weighted by Gasteiger charge is 2.32. The standard InChI is InChI=1S/C34H47F3NO2/c1-5-7-9-11-13-14-16-29-28-22-23-38(25-26-18-20-27(21-19-26)34(35,36)37)31(17-15-12-10-8-6-2)30(28)24-32(39-3)33(29)40-4/h14,16,18-21,24H,5-13,15,17,22-23,25H2,1-4H3/q+1. The third-order valence-corrected chi connectivity index (χ3v) is 7.82. The lowest BCUT2D eigenvalue weighted by molar-refractivity contribution is -0.545. The number of rotatable bonds is 16. The van der Waals surface area contributed by atoms with Gasteiger partial charge in [0.25, 0.3) is 0 Å². The Labute approximate surface area is 239 Å². The van der Waals surface area contributed by atoms with Gasteiger partial charge in [0.1, 0.15) is 6.54 Å². The van der Waals surface area contributed by atoms with Gasteiger partial charge >= 0.3 is 6.18 Å². The summed E-state index contributed by atoms with van der Waals surface area (Å²) < 4.78 is 53.4. The molecule has 3 nitrogen and oxygen atoms in total. The zero-order chi connectivity index (χ0) is 29.0. The summed E-state index contributed by atoms with van der Waals surface area (Å²) in [7, 11) is 3.37. The van der Waals surface area contributed by atoms with Crippen LogP contribution in [0.5, 0.6) is 11.5 Å². The van der Waals surface area contributed by atoms with Crippen LogP contribution in [0.4, 0.5) is 13.2 Å². The van der Waals surface area contributed by atoms with Crippen molar-refractivity contribution in [3.63, 3.8) is 0 Å². The number of hydrogen-bond donors (Lipinski definition) is 0. The number of unbranched alkanes of at least 4 members (excludes halogenated alkanes) is 8. The summed E-state index contributed by atoms with van der Waals surface area (Å²) in [4.78, 5) is 0. The number of allylic oxidation sites excluding steroid dienone is 1. The number of hydrogen-bond acceptors (Lipinski definition) is 2. The first-order valence-electron chi connectivity index (χ1n) is 15.1. The maximum Gasteiger partial charge on any atom is 0.416 e. The molecule has 0 unspecified atom stereocenters. The largest absolute Gasteiger partial charge is 0.493 e. The Kier molecular flexibility index (Phi) is 12.6. The molecule has 0 radical (unpaired) electrons. The summed E-state index contributed by atoms with van der Waals surface area (Å²) in [5.41, 5.74) is 5.06. The average molecular weight is 559 g/mol. The van der Waals surface area contributed by atoms with E-state index in [0.29, 0.717) is 12.3 Å². The van der Waals surface area contributed by atoms with E-state index in [2.05, 4.69) is 36.6 Å². The van der Waals surface area contributed by atoms with E-state index >= 15 is 0 Å². The summed E-state index contributed by atoms with van der Waals surface area (Å²) in [6.45, 7) is 5.84. The third-order valence-electron chi connectivity index (χ3n) is 7.82. The smallest absolute Gasteiger partial charge is 0.416 e. The molecule has 0 amide bonds. The molecular weight excluding hydrogens is 511 g/mol. The van der Waals surface area contributed by atoms with Gasteiger partial charge in [0.05, 0.1) is 19.8 Å². The van der Waals surface area contributed by atoms with Crippen molar-refractivity contribution in [1.82, 2.24) is 0 Å². The number of benzene rings is 2. The first-order chi connectivity index (χ1) is 19.3. The number of fused-ring (bicyclic) bond motifs is 1. The number of nitrogens with zero attached hydrogens (tertiary/aromatic N) is 1. The van der Waals surface area contributed by atoms with Gasteiger partial charge in [0, 0.05) is 29.5 Å². The molecule has 0 N–H and O–H groups in total. The molecular formula is C34H47F3NO2+. The molecule has 3 rings (SSSR count). The lowest BCUT2D eigenvalue weighted by atomic mass is 9.88. The van der Waals surface area contributed by atoms with Crippen molar-refractivity contribution >= 4 is 11.8 Å². The molecule has 220 valence electrons. The average Bonchev–Trinajstić information content (AvgIpc) is 2.94. The maximum absolute atomic E-state index is 13.1. The van der Waals surface area contributed by atoms with Crippen molar-refractivity contribution in [1.29, 1.82) is 0 Å². The van der Waals surface area contributed by atoms with Gasteiger partial charge in [-0.15, -0.1) is 0 Å². The van der Waals surface area contributed by atoms with Crippen molar-refractivity contribution in [3.8, 4) is 11.5 Å². The second-order valence-corrected chi connectivity index (χ2v) is 10.8. The predicted molar refractivity (Wildman–Crippen MR) is 159 cm³/mol. The van der Waals surface area contributed by atoms with Crippen LogP contribution in [0.3, 0.4) is 0 Å². The lowest BCUT2D eigenvalue weighted by Gasteiger charge is -2.24. The monoisotopic (exact) mass is 558 g/mol. The summed E-state index contributed by atoms with van der Waals surface area (Å²) in [6, 6.07) is 7.70. The number of halogens is 3. The molecule has 0 aliphatic carbocycles. The minimum Gasteiger partial charge on any atom is -0.493 e. The fourth-order valence-corrected chi connectivity index (χ4v) is 5.59. The fourth-order valence-electron chi connectivity index (χ4n) is 5.59. The van der Waals surface area contributed by atoms with Gasteiger partial charge in [0.2, 0.25) is 0 Å². The van der Waals surface area contributed by atoms with Gasteiger partial charge in [0.15, 0.2) is 23.8 Å². The van der Waals surface area contributed by atoms with Crippen LogP contribution >= 0.6 is 0 Å². The molecule has 1 aliphatic heterocycles. The Balaban J connectivity index is 2.00. The second kappa shape index (κ2) is 15.9. The van der Waals surface area contributed by atoms with Crippen LogP contribution in [-0.4, -0.2) is 31.1 Å². The summed E-state index contributed by atoms with van der Waals surface area (Å²) >= 11 is 0. The molecule has 1 aliphatic rings. The van der Waals surface area contributed by atoms with E-state index in [9.17, 15) is 13.2 Å². The summed E-state index contributed by atoms with van der Waals surface area (Å²) in [6.07, 6.45) is 13.7. The van der Waals surface area contributed by atoms with Crippen LogP contribution in [0.1, 0.15) is 112 Å². The highest BCUT2D eigenvalue weighted by atomic mass is 19.4. The minimum absolute atomic E-state index is 0.582. The zero-order valence-corrected chi connectivity index (χ0v) is 24.8. The van der Waals surface area contributed by atoms with Crippen molar-refractivity contribution in [2.45, 2.75) is 104 Å². The van der Waals surface area contributed by atoms with Crippen LogP contribution < -0.4 is 9.47 Å². The Morgan fingerprint density at radius 3 is 2.17 bits per heavy atom. The van der Waals surface area contributed by atoms with E-state index in [1.54, 1.807) is 26.4 Å². The molecule has 0 saturated carbocycles. The SMILES string of the molecule is CCCCCCC=Cc1c2c(cc(OC)c1OC)C(CCCCCCC)=[N+](Cc1ccc(C(F)(F)F)cc1)CC2. The van der Waals surface area contributed by atoms with Crippen molar-refractivity contribution in [2.24, 2.45) is 0 Å². The molecule has 2 aromatic carbocycles. The Hall–Kier alpha value is -2.76. The highest BCUT2D eigenvalue weighted by molar-refractivity contribution is 6.00. The number of alkyl halides is 3. The van der Waals surface area contributed by atoms with E-state index in [0.717, 1.165) is 49.1 Å². The molecule has 0 aromatic heterocycles. The first kappa shape index (κ1) is 31.8. The molecule has 6 heteroatoms. The van der Waals surface area contributed by atoms with E-state index in [1.807, 2.05) is 0 Å². The van der Waals surface area contributed by atoms with Crippen molar-refractivity contribution < 1.29 is 27.2 Å². The summed E-state index contributed by atoms with van der Waals surface area (Å²) in [5, 5.41) is 0.